The molecule has 0 bridgehead atoms. The Morgan fingerprint density at radius 3 is 2.08 bits per heavy atom. The quantitative estimate of drug-likeness (QED) is 0.656. The van der Waals surface area contributed by atoms with Gasteiger partial charge in [-0.1, -0.05) is 13.8 Å². The van der Waals surface area contributed by atoms with Crippen LogP contribution in [0.1, 0.15) is 27.7 Å². The molecule has 0 aliphatic rings. The molecule has 13 heavy (non-hydrogen) atoms. The van der Waals surface area contributed by atoms with E-state index in [9.17, 15) is 8.42 Å². The van der Waals surface area contributed by atoms with Crippen LogP contribution in [0.25, 0.3) is 0 Å². The van der Waals surface area contributed by atoms with Gasteiger partial charge in [-0.2, -0.15) is 0 Å². The van der Waals surface area contributed by atoms with Gasteiger partial charge in [0.05, 0.1) is 5.75 Å². The summed E-state index contributed by atoms with van der Waals surface area (Å²) < 4.78 is 22.4. The minimum Gasteiger partial charge on any atom is -0.300 e. The van der Waals surface area contributed by atoms with Crippen LogP contribution in [0.5, 0.6) is 0 Å². The lowest BCUT2D eigenvalue weighted by molar-refractivity contribution is 0.247. The second-order valence-electron chi connectivity index (χ2n) is 3.46. The van der Waals surface area contributed by atoms with Crippen LogP contribution in [0.4, 0.5) is 0 Å². The summed E-state index contributed by atoms with van der Waals surface area (Å²) >= 11 is 0. The number of rotatable bonds is 6. The summed E-state index contributed by atoms with van der Waals surface area (Å²) in [4.78, 5) is 2.16. The Kier molecular flexibility index (Phi) is 5.56. The second-order valence-corrected chi connectivity index (χ2v) is 5.93. The standard InChI is InChI=1S/C9H21NO2S/c1-5-10(9(3)4)7-8-13(11,12)6-2/h9H,5-8H2,1-4H3. The van der Waals surface area contributed by atoms with Crippen molar-refractivity contribution < 1.29 is 8.42 Å². The van der Waals surface area contributed by atoms with E-state index < -0.39 is 9.84 Å². The molecule has 0 saturated carbocycles. The second kappa shape index (κ2) is 5.60. The van der Waals surface area contributed by atoms with Gasteiger partial charge in [-0.15, -0.1) is 0 Å². The zero-order valence-electron chi connectivity index (χ0n) is 9.08. The molecule has 0 aromatic heterocycles. The van der Waals surface area contributed by atoms with Gasteiger partial charge in [0.2, 0.25) is 0 Å². The third-order valence-corrected chi connectivity index (χ3v) is 3.95. The number of nitrogens with zero attached hydrogens (tertiary/aromatic N) is 1. The van der Waals surface area contributed by atoms with E-state index in [2.05, 4.69) is 25.7 Å². The molecule has 0 saturated heterocycles. The maximum atomic E-state index is 11.2. The van der Waals surface area contributed by atoms with Crippen LogP contribution in [0.2, 0.25) is 0 Å². The van der Waals surface area contributed by atoms with Crippen molar-refractivity contribution in [1.29, 1.82) is 0 Å². The smallest absolute Gasteiger partial charge is 0.151 e. The van der Waals surface area contributed by atoms with Crippen LogP contribution in [0, 0.1) is 0 Å². The van der Waals surface area contributed by atoms with Gasteiger partial charge in [0.25, 0.3) is 0 Å². The van der Waals surface area contributed by atoms with E-state index in [1.807, 2.05) is 0 Å². The van der Waals surface area contributed by atoms with Gasteiger partial charge in [-0.3, -0.25) is 0 Å². The van der Waals surface area contributed by atoms with Crippen LogP contribution >= 0.6 is 0 Å². The number of hydrogen-bond donors (Lipinski definition) is 0. The van der Waals surface area contributed by atoms with Crippen LogP contribution < -0.4 is 0 Å². The molecule has 0 atom stereocenters. The molecule has 0 N–H and O–H groups in total. The first-order chi connectivity index (χ1) is 5.93. The molecule has 0 fully saturated rings. The average Bonchev–Trinajstić information content (AvgIpc) is 2.05. The Hall–Kier alpha value is -0.0900. The SMILES string of the molecule is CCN(CCS(=O)(=O)CC)C(C)C. The monoisotopic (exact) mass is 207 g/mol. The van der Waals surface area contributed by atoms with Crippen molar-refractivity contribution in [3.05, 3.63) is 0 Å². The Morgan fingerprint density at radius 1 is 1.23 bits per heavy atom. The summed E-state index contributed by atoms with van der Waals surface area (Å²) in [5.41, 5.74) is 0. The maximum absolute atomic E-state index is 11.2. The van der Waals surface area contributed by atoms with Gasteiger partial charge in [0, 0.05) is 18.3 Å². The molecule has 3 nitrogen and oxygen atoms in total. The van der Waals surface area contributed by atoms with E-state index in [-0.39, 0.29) is 11.5 Å². The van der Waals surface area contributed by atoms with E-state index in [0.717, 1.165) is 6.54 Å². The molecule has 4 heteroatoms. The van der Waals surface area contributed by atoms with Gasteiger partial charge in [-0.05, 0) is 20.4 Å². The van der Waals surface area contributed by atoms with E-state index in [0.29, 0.717) is 12.6 Å². The van der Waals surface area contributed by atoms with Crippen LogP contribution in [0.15, 0.2) is 0 Å². The lowest BCUT2D eigenvalue weighted by Crippen LogP contribution is -2.35. The van der Waals surface area contributed by atoms with E-state index >= 15 is 0 Å². The summed E-state index contributed by atoms with van der Waals surface area (Å²) in [6.45, 7) is 9.49. The molecule has 0 rings (SSSR count). The minimum absolute atomic E-state index is 0.253. The molecule has 0 heterocycles. The third kappa shape index (κ3) is 5.26. The highest BCUT2D eigenvalue weighted by Crippen LogP contribution is 1.99. The fraction of sp³-hybridized carbons (Fsp3) is 1.00. The number of sulfone groups is 1. The zero-order chi connectivity index (χ0) is 10.5. The first kappa shape index (κ1) is 12.9. The van der Waals surface area contributed by atoms with E-state index in [1.54, 1.807) is 6.92 Å². The number of hydrogen-bond acceptors (Lipinski definition) is 3. The van der Waals surface area contributed by atoms with Gasteiger partial charge < -0.3 is 4.90 Å². The maximum Gasteiger partial charge on any atom is 0.151 e. The third-order valence-electron chi connectivity index (χ3n) is 2.27. The first-order valence-corrected chi connectivity index (χ1v) is 6.69. The topological polar surface area (TPSA) is 37.4 Å². The zero-order valence-corrected chi connectivity index (χ0v) is 9.89. The van der Waals surface area contributed by atoms with Gasteiger partial charge in [-0.25, -0.2) is 8.42 Å². The summed E-state index contributed by atoms with van der Waals surface area (Å²) in [6.07, 6.45) is 0. The van der Waals surface area contributed by atoms with Crippen molar-refractivity contribution in [2.24, 2.45) is 0 Å². The van der Waals surface area contributed by atoms with E-state index in [1.165, 1.54) is 0 Å². The van der Waals surface area contributed by atoms with E-state index in [4.69, 9.17) is 0 Å². The highest BCUT2D eigenvalue weighted by atomic mass is 32.2. The highest BCUT2D eigenvalue weighted by Gasteiger charge is 2.12. The molecule has 0 amide bonds. The van der Waals surface area contributed by atoms with Gasteiger partial charge in [0.1, 0.15) is 0 Å². The molecule has 0 aliphatic heterocycles. The van der Waals surface area contributed by atoms with Crippen molar-refractivity contribution in [3.8, 4) is 0 Å². The van der Waals surface area contributed by atoms with Crippen molar-refractivity contribution in [1.82, 2.24) is 4.90 Å². The highest BCUT2D eigenvalue weighted by molar-refractivity contribution is 7.91. The van der Waals surface area contributed by atoms with Crippen molar-refractivity contribution in [2.75, 3.05) is 24.6 Å². The Bertz CT molecular complexity index is 222. The predicted molar refractivity (Wildman–Crippen MR) is 56.7 cm³/mol. The molecule has 80 valence electrons. The van der Waals surface area contributed by atoms with Crippen molar-refractivity contribution >= 4 is 9.84 Å². The average molecular weight is 207 g/mol. The van der Waals surface area contributed by atoms with Crippen LogP contribution in [-0.4, -0.2) is 44.0 Å². The molecule has 0 spiro atoms. The van der Waals surface area contributed by atoms with Gasteiger partial charge >= 0.3 is 0 Å². The predicted octanol–water partition coefficient (Wildman–Crippen LogP) is 1.15. The van der Waals surface area contributed by atoms with Crippen LogP contribution in [0.3, 0.4) is 0 Å². The Morgan fingerprint density at radius 2 is 1.77 bits per heavy atom. The molecule has 0 aromatic carbocycles. The molecule has 0 aliphatic carbocycles. The lowest BCUT2D eigenvalue weighted by atomic mass is 10.3. The molecular weight excluding hydrogens is 186 g/mol. The molecule has 0 aromatic rings. The van der Waals surface area contributed by atoms with Crippen molar-refractivity contribution in [2.45, 2.75) is 33.7 Å². The summed E-state index contributed by atoms with van der Waals surface area (Å²) in [6, 6.07) is 0.428. The first-order valence-electron chi connectivity index (χ1n) is 4.87. The van der Waals surface area contributed by atoms with Crippen LogP contribution in [-0.2, 0) is 9.84 Å². The molecule has 0 unspecified atom stereocenters. The Labute approximate surface area is 82.0 Å². The fourth-order valence-electron chi connectivity index (χ4n) is 1.18. The normalized spacial score (nSPS) is 12.8. The molecular formula is C9H21NO2S. The minimum atomic E-state index is -2.80. The lowest BCUT2D eigenvalue weighted by Gasteiger charge is -2.24. The summed E-state index contributed by atoms with van der Waals surface area (Å²) in [7, 11) is -2.80. The fourth-order valence-corrected chi connectivity index (χ4v) is 1.98. The van der Waals surface area contributed by atoms with Crippen molar-refractivity contribution in [3.63, 3.8) is 0 Å². The summed E-state index contributed by atoms with van der Waals surface area (Å²) in [5.74, 6) is 0.540. The van der Waals surface area contributed by atoms with Gasteiger partial charge in [0.15, 0.2) is 9.84 Å². The largest absolute Gasteiger partial charge is 0.300 e. The Balaban J connectivity index is 4.00. The molecule has 0 radical (unpaired) electrons. The summed E-state index contributed by atoms with van der Waals surface area (Å²) in [5, 5.41) is 0.